The first kappa shape index (κ1) is 17.3. The van der Waals surface area contributed by atoms with Gasteiger partial charge in [-0.25, -0.2) is 13.1 Å². The monoisotopic (exact) mass is 352 g/mol. The van der Waals surface area contributed by atoms with E-state index in [1.54, 1.807) is 0 Å². The largest absolute Gasteiger partial charge is 0.398 e. The van der Waals surface area contributed by atoms with Crippen molar-refractivity contribution in [1.29, 1.82) is 0 Å². The third-order valence-corrected chi connectivity index (χ3v) is 4.62. The maximum Gasteiger partial charge on any atom is 0.289 e. The van der Waals surface area contributed by atoms with E-state index in [1.165, 1.54) is 30.3 Å². The molecule has 0 amide bonds. The van der Waals surface area contributed by atoms with Crippen LogP contribution in [0.4, 0.5) is 17.1 Å². The quantitative estimate of drug-likeness (QED) is 0.453. The molecule has 126 valence electrons. The van der Waals surface area contributed by atoms with Crippen LogP contribution in [-0.4, -0.2) is 18.3 Å². The van der Waals surface area contributed by atoms with Crippen LogP contribution in [0.3, 0.4) is 0 Å². The number of hydrogen-bond acceptors (Lipinski definition) is 7. The van der Waals surface area contributed by atoms with Crippen molar-refractivity contribution in [2.75, 3.05) is 5.73 Å². The van der Waals surface area contributed by atoms with Crippen LogP contribution in [0.25, 0.3) is 0 Å². The summed E-state index contributed by atoms with van der Waals surface area (Å²) in [6.07, 6.45) is 0. The minimum Gasteiger partial charge on any atom is -0.398 e. The Morgan fingerprint density at radius 2 is 1.54 bits per heavy atom. The molecule has 0 aliphatic carbocycles. The Labute approximate surface area is 136 Å². The number of benzene rings is 2. The average Bonchev–Trinajstić information content (AvgIpc) is 2.53. The summed E-state index contributed by atoms with van der Waals surface area (Å²) in [6.45, 7) is -0.475. The highest BCUT2D eigenvalue weighted by molar-refractivity contribution is 7.89. The number of nitrogen functional groups attached to an aromatic ring is 1. The number of nitro groups is 2. The molecule has 0 saturated carbocycles. The molecule has 2 aromatic carbocycles. The van der Waals surface area contributed by atoms with E-state index in [9.17, 15) is 28.6 Å². The predicted octanol–water partition coefficient (Wildman–Crippen LogP) is 1.56. The van der Waals surface area contributed by atoms with Gasteiger partial charge in [0.05, 0.1) is 15.4 Å². The van der Waals surface area contributed by atoms with Gasteiger partial charge in [0.15, 0.2) is 4.90 Å². The predicted molar refractivity (Wildman–Crippen MR) is 84.6 cm³/mol. The lowest BCUT2D eigenvalue weighted by atomic mass is 10.1. The highest BCUT2D eigenvalue weighted by Crippen LogP contribution is 2.26. The second-order valence-corrected chi connectivity index (χ2v) is 6.39. The summed E-state index contributed by atoms with van der Waals surface area (Å²) >= 11 is 0. The van der Waals surface area contributed by atoms with Crippen molar-refractivity contribution in [2.24, 2.45) is 0 Å². The van der Waals surface area contributed by atoms with E-state index in [1.807, 2.05) is 0 Å². The fourth-order valence-corrected chi connectivity index (χ4v) is 3.20. The summed E-state index contributed by atoms with van der Waals surface area (Å²) in [5.74, 6) is 0. The molecular formula is C13H12N4O6S. The highest BCUT2D eigenvalue weighted by Gasteiger charge is 2.26. The summed E-state index contributed by atoms with van der Waals surface area (Å²) in [7, 11) is -4.26. The second-order valence-electron chi connectivity index (χ2n) is 4.65. The SMILES string of the molecule is Nc1cccc([N+](=O)[O-])c1CNS(=O)(=O)c1ccccc1[N+](=O)[O-]. The number of nitrogens with one attached hydrogen (secondary N) is 1. The van der Waals surface area contributed by atoms with Crippen molar-refractivity contribution < 1.29 is 18.3 Å². The molecule has 0 aliphatic rings. The van der Waals surface area contributed by atoms with Crippen molar-refractivity contribution in [1.82, 2.24) is 4.72 Å². The third-order valence-electron chi connectivity index (χ3n) is 3.17. The number of nitrogens with two attached hydrogens (primary N) is 1. The summed E-state index contributed by atoms with van der Waals surface area (Å²) < 4.78 is 26.7. The Hall–Kier alpha value is -3.05. The first-order valence-corrected chi connectivity index (χ1v) is 7.97. The summed E-state index contributed by atoms with van der Waals surface area (Å²) in [4.78, 5) is 19.9. The standard InChI is InChI=1S/C13H12N4O6S/c14-10-4-3-6-11(16(18)19)9(10)8-15-24(22,23)13-7-2-1-5-12(13)17(20)21/h1-7,15H,8,14H2. The number of sulfonamides is 1. The smallest absolute Gasteiger partial charge is 0.289 e. The topological polar surface area (TPSA) is 158 Å². The summed E-state index contributed by atoms with van der Waals surface area (Å²) in [5, 5.41) is 21.9. The molecule has 0 aliphatic heterocycles. The minimum absolute atomic E-state index is 0.0235. The number of para-hydroxylation sites is 1. The normalized spacial score (nSPS) is 11.2. The van der Waals surface area contributed by atoms with Crippen LogP contribution in [0.1, 0.15) is 5.56 Å². The number of hydrogen-bond donors (Lipinski definition) is 2. The lowest BCUT2D eigenvalue weighted by Crippen LogP contribution is -2.25. The Balaban J connectivity index is 2.37. The molecule has 24 heavy (non-hydrogen) atoms. The van der Waals surface area contributed by atoms with Gasteiger partial charge in [0.1, 0.15) is 0 Å². The van der Waals surface area contributed by atoms with E-state index in [0.29, 0.717) is 0 Å². The zero-order valence-electron chi connectivity index (χ0n) is 12.1. The maximum atomic E-state index is 12.3. The van der Waals surface area contributed by atoms with E-state index >= 15 is 0 Å². The lowest BCUT2D eigenvalue weighted by molar-refractivity contribution is -0.387. The third kappa shape index (κ3) is 3.47. The van der Waals surface area contributed by atoms with Crippen LogP contribution in [0, 0.1) is 20.2 Å². The molecule has 0 aromatic heterocycles. The van der Waals surface area contributed by atoms with Crippen molar-refractivity contribution in [3.63, 3.8) is 0 Å². The molecule has 0 fully saturated rings. The fourth-order valence-electron chi connectivity index (χ4n) is 2.04. The van der Waals surface area contributed by atoms with Crippen LogP contribution in [0.15, 0.2) is 47.4 Å². The van der Waals surface area contributed by atoms with Crippen LogP contribution in [0.5, 0.6) is 0 Å². The van der Waals surface area contributed by atoms with Gasteiger partial charge >= 0.3 is 0 Å². The molecule has 2 aromatic rings. The van der Waals surface area contributed by atoms with Crippen LogP contribution >= 0.6 is 0 Å². The van der Waals surface area contributed by atoms with Gasteiger partial charge in [0.2, 0.25) is 10.0 Å². The van der Waals surface area contributed by atoms with E-state index in [0.717, 1.165) is 12.1 Å². The molecule has 11 heteroatoms. The maximum absolute atomic E-state index is 12.3. The van der Waals surface area contributed by atoms with Gasteiger partial charge in [0, 0.05) is 24.4 Å². The van der Waals surface area contributed by atoms with E-state index in [2.05, 4.69) is 4.72 Å². The molecule has 0 saturated heterocycles. The number of rotatable bonds is 6. The van der Waals surface area contributed by atoms with Crippen molar-refractivity contribution >= 4 is 27.1 Å². The fraction of sp³-hybridized carbons (Fsp3) is 0.0769. The van der Waals surface area contributed by atoms with Gasteiger partial charge in [0.25, 0.3) is 11.4 Å². The van der Waals surface area contributed by atoms with Gasteiger partial charge in [-0.2, -0.15) is 0 Å². The molecule has 0 radical (unpaired) electrons. The molecular weight excluding hydrogens is 340 g/mol. The van der Waals surface area contributed by atoms with Crippen molar-refractivity contribution in [3.05, 3.63) is 68.3 Å². The molecule has 3 N–H and O–H groups in total. The van der Waals surface area contributed by atoms with Crippen molar-refractivity contribution in [3.8, 4) is 0 Å². The minimum atomic E-state index is -4.26. The van der Waals surface area contributed by atoms with Gasteiger partial charge in [-0.15, -0.1) is 0 Å². The summed E-state index contributed by atoms with van der Waals surface area (Å²) in [6, 6.07) is 8.73. The van der Waals surface area contributed by atoms with E-state index in [-0.39, 0.29) is 16.9 Å². The molecule has 0 spiro atoms. The number of anilines is 1. The van der Waals surface area contributed by atoms with Crippen molar-refractivity contribution in [2.45, 2.75) is 11.4 Å². The Morgan fingerprint density at radius 3 is 2.17 bits per heavy atom. The first-order valence-electron chi connectivity index (χ1n) is 6.49. The number of nitro benzene ring substituents is 2. The summed E-state index contributed by atoms with van der Waals surface area (Å²) in [5.41, 5.74) is 4.73. The molecule has 2 rings (SSSR count). The van der Waals surface area contributed by atoms with Crippen LogP contribution < -0.4 is 10.5 Å². The van der Waals surface area contributed by atoms with Gasteiger partial charge in [-0.05, 0) is 12.1 Å². The number of nitrogens with zero attached hydrogens (tertiary/aromatic N) is 2. The zero-order valence-corrected chi connectivity index (χ0v) is 12.9. The van der Waals surface area contributed by atoms with E-state index < -0.39 is 37.0 Å². The van der Waals surface area contributed by atoms with Crippen LogP contribution in [0.2, 0.25) is 0 Å². The average molecular weight is 352 g/mol. The Kier molecular flexibility index (Phi) is 4.76. The van der Waals surface area contributed by atoms with Gasteiger partial charge in [-0.3, -0.25) is 20.2 Å². The molecule has 0 heterocycles. The Bertz CT molecular complexity index is 912. The second kappa shape index (κ2) is 6.60. The molecule has 0 bridgehead atoms. The van der Waals surface area contributed by atoms with Gasteiger partial charge in [-0.1, -0.05) is 18.2 Å². The molecule has 0 atom stereocenters. The molecule has 10 nitrogen and oxygen atoms in total. The van der Waals surface area contributed by atoms with Crippen LogP contribution in [-0.2, 0) is 16.6 Å². The first-order chi connectivity index (χ1) is 11.2. The highest BCUT2D eigenvalue weighted by atomic mass is 32.2. The lowest BCUT2D eigenvalue weighted by Gasteiger charge is -2.09. The zero-order chi connectivity index (χ0) is 17.9. The Morgan fingerprint density at radius 1 is 0.958 bits per heavy atom. The molecule has 0 unspecified atom stereocenters. The van der Waals surface area contributed by atoms with E-state index in [4.69, 9.17) is 5.73 Å². The van der Waals surface area contributed by atoms with Gasteiger partial charge < -0.3 is 5.73 Å².